The third-order valence-electron chi connectivity index (χ3n) is 3.10. The monoisotopic (exact) mass is 405 g/mol. The van der Waals surface area contributed by atoms with Gasteiger partial charge in [0.25, 0.3) is 0 Å². The van der Waals surface area contributed by atoms with E-state index >= 15 is 0 Å². The molecule has 1 aromatic carbocycles. The molecule has 1 atom stereocenters. The molecule has 0 saturated carbocycles. The van der Waals surface area contributed by atoms with Gasteiger partial charge in [-0.25, -0.2) is 0 Å². The maximum Gasteiger partial charge on any atom is 0.0542 e. The van der Waals surface area contributed by atoms with Gasteiger partial charge in [-0.15, -0.1) is 0 Å². The molecule has 0 amide bonds. The van der Waals surface area contributed by atoms with Crippen molar-refractivity contribution >= 4 is 45.5 Å². The fourth-order valence-corrected chi connectivity index (χ4v) is 3.34. The summed E-state index contributed by atoms with van der Waals surface area (Å²) in [5.41, 5.74) is 2.70. The largest absolute Gasteiger partial charge is 0.310 e. The average Bonchev–Trinajstić information content (AvgIpc) is 2.91. The van der Waals surface area contributed by atoms with Gasteiger partial charge in [-0.2, -0.15) is 11.3 Å². The minimum absolute atomic E-state index is 0.374. The predicted octanol–water partition coefficient (Wildman–Crippen LogP) is 5.29. The zero-order valence-corrected chi connectivity index (χ0v) is 14.6. The summed E-state index contributed by atoms with van der Waals surface area (Å²) in [6, 6.07) is 8.93. The maximum absolute atomic E-state index is 6.22. The van der Waals surface area contributed by atoms with Gasteiger partial charge in [0.1, 0.15) is 0 Å². The van der Waals surface area contributed by atoms with Crippen LogP contribution >= 0.6 is 45.5 Å². The van der Waals surface area contributed by atoms with Crippen LogP contribution in [0.15, 0.2) is 35.0 Å². The van der Waals surface area contributed by atoms with Crippen LogP contribution in [-0.4, -0.2) is 6.54 Å². The highest BCUT2D eigenvalue weighted by molar-refractivity contribution is 14.1. The molecule has 1 N–H and O–H groups in total. The lowest BCUT2D eigenvalue weighted by Gasteiger charge is -2.18. The van der Waals surface area contributed by atoms with Crippen LogP contribution in [0.4, 0.5) is 0 Å². The van der Waals surface area contributed by atoms with Gasteiger partial charge in [0.05, 0.1) is 5.02 Å². The number of hydrogen-bond acceptors (Lipinski definition) is 2. The van der Waals surface area contributed by atoms with Crippen LogP contribution in [0.2, 0.25) is 5.02 Å². The first-order valence-electron chi connectivity index (χ1n) is 6.40. The van der Waals surface area contributed by atoms with Gasteiger partial charge in [0.2, 0.25) is 0 Å². The van der Waals surface area contributed by atoms with Gasteiger partial charge in [0, 0.05) is 9.61 Å². The van der Waals surface area contributed by atoms with E-state index in [2.05, 4.69) is 69.9 Å². The molecule has 0 radical (unpaired) electrons. The second-order valence-corrected chi connectivity index (χ2v) is 6.80. The van der Waals surface area contributed by atoms with Crippen LogP contribution in [0.1, 0.15) is 30.5 Å². The van der Waals surface area contributed by atoms with E-state index in [1.165, 1.54) is 11.1 Å². The van der Waals surface area contributed by atoms with Crippen molar-refractivity contribution < 1.29 is 0 Å². The first-order chi connectivity index (χ1) is 9.20. The van der Waals surface area contributed by atoms with Crippen LogP contribution in [0, 0.1) is 3.57 Å². The molecule has 1 nitrogen and oxygen atoms in total. The number of rotatable bonds is 6. The molecule has 0 aliphatic heterocycles. The SMILES string of the molecule is CCNC(CCc1ccsc1)c1ccc(I)c(Cl)c1. The molecule has 1 aromatic heterocycles. The fourth-order valence-electron chi connectivity index (χ4n) is 2.11. The summed E-state index contributed by atoms with van der Waals surface area (Å²) in [6.07, 6.45) is 2.20. The Kier molecular flexibility index (Phi) is 6.13. The molecule has 0 aliphatic rings. The Hall–Kier alpha value is -0.100. The number of nitrogens with one attached hydrogen (secondary N) is 1. The molecule has 2 rings (SSSR count). The third kappa shape index (κ3) is 4.45. The number of hydrogen-bond donors (Lipinski definition) is 1. The van der Waals surface area contributed by atoms with E-state index in [0.717, 1.165) is 28.0 Å². The molecule has 19 heavy (non-hydrogen) atoms. The first-order valence-corrected chi connectivity index (χ1v) is 8.80. The summed E-state index contributed by atoms with van der Waals surface area (Å²) >= 11 is 10.3. The van der Waals surface area contributed by atoms with Crippen molar-refractivity contribution in [3.05, 3.63) is 54.7 Å². The standard InChI is InChI=1S/C15H17ClINS/c1-2-18-15(6-3-11-7-8-19-10-11)12-4-5-14(17)13(16)9-12/h4-5,7-10,15,18H,2-3,6H2,1H3. The molecular weight excluding hydrogens is 389 g/mol. The van der Waals surface area contributed by atoms with Crippen molar-refractivity contribution in [3.63, 3.8) is 0 Å². The predicted molar refractivity (Wildman–Crippen MR) is 93.2 cm³/mol. The van der Waals surface area contributed by atoms with Gasteiger partial charge < -0.3 is 5.32 Å². The van der Waals surface area contributed by atoms with Crippen LogP contribution in [0.3, 0.4) is 0 Å². The Morgan fingerprint density at radius 1 is 1.37 bits per heavy atom. The molecule has 4 heteroatoms. The van der Waals surface area contributed by atoms with E-state index in [0.29, 0.717) is 6.04 Å². The summed E-state index contributed by atoms with van der Waals surface area (Å²) in [6.45, 7) is 3.11. The second-order valence-electron chi connectivity index (χ2n) is 4.45. The van der Waals surface area contributed by atoms with Crippen molar-refractivity contribution in [2.24, 2.45) is 0 Å². The first kappa shape index (κ1) is 15.3. The maximum atomic E-state index is 6.22. The minimum atomic E-state index is 0.374. The summed E-state index contributed by atoms with van der Waals surface area (Å²) in [7, 11) is 0. The van der Waals surface area contributed by atoms with Crippen LogP contribution < -0.4 is 5.32 Å². The molecular formula is C15H17ClINS. The lowest BCUT2D eigenvalue weighted by Crippen LogP contribution is -2.21. The molecule has 0 bridgehead atoms. The molecule has 2 aromatic rings. The number of aryl methyl sites for hydroxylation is 1. The summed E-state index contributed by atoms with van der Waals surface area (Å²) < 4.78 is 1.11. The highest BCUT2D eigenvalue weighted by atomic mass is 127. The normalized spacial score (nSPS) is 12.6. The van der Waals surface area contributed by atoms with Crippen LogP contribution in [0.25, 0.3) is 0 Å². The Morgan fingerprint density at radius 2 is 2.21 bits per heavy atom. The smallest absolute Gasteiger partial charge is 0.0542 e. The lowest BCUT2D eigenvalue weighted by molar-refractivity contribution is 0.515. The molecule has 1 unspecified atom stereocenters. The topological polar surface area (TPSA) is 12.0 Å². The van der Waals surface area contributed by atoms with Crippen LogP contribution in [0.5, 0.6) is 0 Å². The van der Waals surface area contributed by atoms with Gasteiger partial charge >= 0.3 is 0 Å². The van der Waals surface area contributed by atoms with E-state index < -0.39 is 0 Å². The summed E-state index contributed by atoms with van der Waals surface area (Å²) in [5.74, 6) is 0. The molecule has 102 valence electrons. The van der Waals surface area contributed by atoms with Gasteiger partial charge in [-0.1, -0.05) is 24.6 Å². The Labute approximate surface area is 137 Å². The van der Waals surface area contributed by atoms with E-state index in [4.69, 9.17) is 11.6 Å². The second kappa shape index (κ2) is 7.62. The number of thiophene rings is 1. The molecule has 1 heterocycles. The summed E-state index contributed by atoms with van der Waals surface area (Å²) in [4.78, 5) is 0. The Bertz CT molecular complexity index is 513. The minimum Gasteiger partial charge on any atom is -0.310 e. The van der Waals surface area contributed by atoms with Gasteiger partial charge in [-0.3, -0.25) is 0 Å². The highest BCUT2D eigenvalue weighted by Gasteiger charge is 2.12. The quantitative estimate of drug-likeness (QED) is 0.644. The van der Waals surface area contributed by atoms with Crippen molar-refractivity contribution in [3.8, 4) is 0 Å². The fraction of sp³-hybridized carbons (Fsp3) is 0.333. The van der Waals surface area contributed by atoms with E-state index in [-0.39, 0.29) is 0 Å². The van der Waals surface area contributed by atoms with Crippen molar-refractivity contribution in [1.29, 1.82) is 0 Å². The van der Waals surface area contributed by atoms with Gasteiger partial charge in [0.15, 0.2) is 0 Å². The average molecular weight is 406 g/mol. The van der Waals surface area contributed by atoms with E-state index in [9.17, 15) is 0 Å². The van der Waals surface area contributed by atoms with Crippen molar-refractivity contribution in [2.75, 3.05) is 6.54 Å². The highest BCUT2D eigenvalue weighted by Crippen LogP contribution is 2.26. The zero-order valence-electron chi connectivity index (χ0n) is 10.8. The van der Waals surface area contributed by atoms with E-state index in [1.807, 2.05) is 0 Å². The Morgan fingerprint density at radius 3 is 2.84 bits per heavy atom. The van der Waals surface area contributed by atoms with Crippen LogP contribution in [-0.2, 0) is 6.42 Å². The third-order valence-corrected chi connectivity index (χ3v) is 5.40. The van der Waals surface area contributed by atoms with Gasteiger partial charge in [-0.05, 0) is 82.1 Å². The number of halogens is 2. The molecule has 0 aliphatic carbocycles. The number of benzene rings is 1. The molecule has 0 fully saturated rings. The van der Waals surface area contributed by atoms with Crippen molar-refractivity contribution in [1.82, 2.24) is 5.32 Å². The lowest BCUT2D eigenvalue weighted by atomic mass is 10.00. The molecule has 0 saturated heterocycles. The Balaban J connectivity index is 2.07. The zero-order chi connectivity index (χ0) is 13.7. The molecule has 0 spiro atoms. The summed E-state index contributed by atoms with van der Waals surface area (Å²) in [5, 5.41) is 8.76. The van der Waals surface area contributed by atoms with Crippen molar-refractivity contribution in [2.45, 2.75) is 25.8 Å². The van der Waals surface area contributed by atoms with E-state index in [1.54, 1.807) is 11.3 Å².